The molecule has 1 saturated heterocycles. The maximum Gasteiger partial charge on any atom is 0.326 e. The molecular formula is C19H25N3O5. The Labute approximate surface area is 158 Å². The molecule has 1 heterocycles. The van der Waals surface area contributed by atoms with Gasteiger partial charge in [0.05, 0.1) is 0 Å². The van der Waals surface area contributed by atoms with Gasteiger partial charge in [0.25, 0.3) is 11.8 Å². The summed E-state index contributed by atoms with van der Waals surface area (Å²) in [5.74, 6) is -1.78. The minimum Gasteiger partial charge on any atom is -0.454 e. The van der Waals surface area contributed by atoms with Gasteiger partial charge in [0.2, 0.25) is 0 Å². The van der Waals surface area contributed by atoms with Gasteiger partial charge in [0.15, 0.2) is 6.61 Å². The lowest BCUT2D eigenvalue weighted by molar-refractivity contribution is -0.151. The lowest BCUT2D eigenvalue weighted by Gasteiger charge is -2.22. The molecule has 8 heteroatoms. The van der Waals surface area contributed by atoms with E-state index >= 15 is 0 Å². The number of nitrogens with zero attached hydrogens (tertiary/aromatic N) is 1. The molecule has 8 nitrogen and oxygen atoms in total. The third-order valence-corrected chi connectivity index (χ3v) is 4.63. The van der Waals surface area contributed by atoms with Crippen LogP contribution in [0.3, 0.4) is 0 Å². The summed E-state index contributed by atoms with van der Waals surface area (Å²) in [4.78, 5) is 49.4. The highest BCUT2D eigenvalue weighted by molar-refractivity contribution is 6.08. The lowest BCUT2D eigenvalue weighted by Crippen LogP contribution is -2.42. The molecule has 0 aliphatic carbocycles. The topological polar surface area (TPSA) is 105 Å². The molecule has 1 fully saturated rings. The smallest absolute Gasteiger partial charge is 0.326 e. The van der Waals surface area contributed by atoms with Crippen LogP contribution in [0.25, 0.3) is 0 Å². The fourth-order valence-electron chi connectivity index (χ4n) is 2.89. The molecule has 1 aromatic carbocycles. The normalized spacial score (nSPS) is 19.2. The molecule has 0 radical (unpaired) electrons. The maximum absolute atomic E-state index is 12.7. The maximum atomic E-state index is 12.7. The van der Waals surface area contributed by atoms with E-state index in [1.54, 1.807) is 37.3 Å². The van der Waals surface area contributed by atoms with Crippen molar-refractivity contribution in [2.45, 2.75) is 45.2 Å². The van der Waals surface area contributed by atoms with E-state index in [9.17, 15) is 19.2 Å². The zero-order chi connectivity index (χ0) is 20.0. The molecule has 4 amide bonds. The van der Waals surface area contributed by atoms with Crippen LogP contribution in [0, 0.1) is 0 Å². The Morgan fingerprint density at radius 2 is 1.81 bits per heavy atom. The van der Waals surface area contributed by atoms with Gasteiger partial charge in [-0.3, -0.25) is 19.3 Å². The summed E-state index contributed by atoms with van der Waals surface area (Å²) in [6.45, 7) is 4.47. The van der Waals surface area contributed by atoms with E-state index in [1.807, 2.05) is 13.8 Å². The summed E-state index contributed by atoms with van der Waals surface area (Å²) in [6, 6.07) is 8.11. The molecule has 1 atom stereocenters. The second-order valence-electron chi connectivity index (χ2n) is 6.55. The van der Waals surface area contributed by atoms with Crippen molar-refractivity contribution in [3.05, 3.63) is 35.9 Å². The van der Waals surface area contributed by atoms with E-state index < -0.39 is 42.5 Å². The largest absolute Gasteiger partial charge is 0.454 e. The predicted molar refractivity (Wildman–Crippen MR) is 97.5 cm³/mol. The van der Waals surface area contributed by atoms with Gasteiger partial charge in [-0.15, -0.1) is 0 Å². The number of benzene rings is 1. The quantitative estimate of drug-likeness (QED) is 0.526. The van der Waals surface area contributed by atoms with Gasteiger partial charge >= 0.3 is 12.0 Å². The van der Waals surface area contributed by atoms with Crippen molar-refractivity contribution in [2.75, 3.05) is 13.2 Å². The number of amides is 4. The Bertz CT molecular complexity index is 717. The number of rotatable bonds is 8. The van der Waals surface area contributed by atoms with Gasteiger partial charge in [-0.2, -0.15) is 0 Å². The number of carbonyl (C=O) groups excluding carboxylic acids is 4. The number of ether oxygens (including phenoxy) is 1. The molecule has 146 valence electrons. The number of urea groups is 1. The molecule has 2 rings (SSSR count). The van der Waals surface area contributed by atoms with E-state index in [2.05, 4.69) is 10.6 Å². The van der Waals surface area contributed by atoms with E-state index in [0.717, 1.165) is 17.7 Å². The Hall–Kier alpha value is -2.90. The third kappa shape index (κ3) is 4.64. The van der Waals surface area contributed by atoms with Crippen LogP contribution >= 0.6 is 0 Å². The second-order valence-corrected chi connectivity index (χ2v) is 6.55. The van der Waals surface area contributed by atoms with Gasteiger partial charge < -0.3 is 15.4 Å². The summed E-state index contributed by atoms with van der Waals surface area (Å²) < 4.78 is 4.90. The monoisotopic (exact) mass is 375 g/mol. The Morgan fingerprint density at radius 3 is 2.41 bits per heavy atom. The third-order valence-electron chi connectivity index (χ3n) is 4.63. The number of imide groups is 1. The lowest BCUT2D eigenvalue weighted by atomic mass is 9.92. The summed E-state index contributed by atoms with van der Waals surface area (Å²) >= 11 is 0. The first-order chi connectivity index (χ1) is 12.8. The zero-order valence-electron chi connectivity index (χ0n) is 15.8. The van der Waals surface area contributed by atoms with E-state index in [0.29, 0.717) is 5.56 Å². The number of nitrogens with one attached hydrogen (secondary N) is 2. The fourth-order valence-corrected chi connectivity index (χ4v) is 2.89. The number of carbonyl (C=O) groups is 4. The molecule has 0 unspecified atom stereocenters. The Morgan fingerprint density at radius 1 is 1.19 bits per heavy atom. The van der Waals surface area contributed by atoms with Crippen molar-refractivity contribution in [1.29, 1.82) is 0 Å². The molecule has 0 aromatic heterocycles. The van der Waals surface area contributed by atoms with Crippen LogP contribution in [-0.2, 0) is 24.7 Å². The minimum atomic E-state index is -1.24. The molecule has 0 bridgehead atoms. The number of hydrogen-bond donors (Lipinski definition) is 2. The van der Waals surface area contributed by atoms with Crippen LogP contribution in [0.5, 0.6) is 0 Å². The van der Waals surface area contributed by atoms with Crippen molar-refractivity contribution in [2.24, 2.45) is 0 Å². The van der Waals surface area contributed by atoms with E-state index in [1.165, 1.54) is 0 Å². The standard InChI is InChI=1S/C19H25N3O5/c1-4-14(5-2)20-15(23)12-27-16(24)11-22-17(25)19(3,21-18(22)26)13-9-7-6-8-10-13/h6-10,14H,4-5,11-12H2,1-3H3,(H,20,23)(H,21,26)/t19-/m0/s1. The van der Waals surface area contributed by atoms with Crippen LogP contribution in [0.4, 0.5) is 4.79 Å². The van der Waals surface area contributed by atoms with Crippen molar-refractivity contribution in [1.82, 2.24) is 15.5 Å². The molecule has 0 saturated carbocycles. The van der Waals surface area contributed by atoms with Gasteiger partial charge in [-0.05, 0) is 25.3 Å². The summed E-state index contributed by atoms with van der Waals surface area (Å²) in [7, 11) is 0. The highest BCUT2D eigenvalue weighted by atomic mass is 16.5. The van der Waals surface area contributed by atoms with Crippen LogP contribution < -0.4 is 10.6 Å². The molecule has 27 heavy (non-hydrogen) atoms. The molecule has 1 aliphatic heterocycles. The summed E-state index contributed by atoms with van der Waals surface area (Å²) in [5, 5.41) is 5.35. The van der Waals surface area contributed by atoms with Crippen LogP contribution in [0.1, 0.15) is 39.2 Å². The van der Waals surface area contributed by atoms with Gasteiger partial charge in [-0.1, -0.05) is 44.2 Å². The fraction of sp³-hybridized carbons (Fsp3) is 0.474. The van der Waals surface area contributed by atoms with Crippen molar-refractivity contribution in [3.8, 4) is 0 Å². The molecule has 1 aromatic rings. The Balaban J connectivity index is 1.93. The predicted octanol–water partition coefficient (Wildman–Crippen LogP) is 1.30. The van der Waals surface area contributed by atoms with Gasteiger partial charge in [-0.25, -0.2) is 4.79 Å². The van der Waals surface area contributed by atoms with Gasteiger partial charge in [0, 0.05) is 6.04 Å². The highest BCUT2D eigenvalue weighted by Crippen LogP contribution is 2.28. The zero-order valence-corrected chi connectivity index (χ0v) is 15.8. The van der Waals surface area contributed by atoms with Crippen molar-refractivity contribution in [3.63, 3.8) is 0 Å². The highest BCUT2D eigenvalue weighted by Gasteiger charge is 2.49. The van der Waals surface area contributed by atoms with Gasteiger partial charge in [0.1, 0.15) is 12.1 Å². The SMILES string of the molecule is CCC(CC)NC(=O)COC(=O)CN1C(=O)N[C@@](C)(c2ccccc2)C1=O. The van der Waals surface area contributed by atoms with E-state index in [4.69, 9.17) is 4.74 Å². The molecule has 2 N–H and O–H groups in total. The van der Waals surface area contributed by atoms with Crippen molar-refractivity contribution >= 4 is 23.8 Å². The average molecular weight is 375 g/mol. The first-order valence-electron chi connectivity index (χ1n) is 8.96. The van der Waals surface area contributed by atoms with Crippen LogP contribution in [-0.4, -0.2) is 47.9 Å². The first-order valence-corrected chi connectivity index (χ1v) is 8.96. The average Bonchev–Trinajstić information content (AvgIpc) is 2.89. The van der Waals surface area contributed by atoms with E-state index in [-0.39, 0.29) is 6.04 Å². The molecular weight excluding hydrogens is 350 g/mol. The van der Waals surface area contributed by atoms with Crippen molar-refractivity contribution < 1.29 is 23.9 Å². The Kier molecular flexibility index (Phi) is 6.55. The minimum absolute atomic E-state index is 0.0220. The molecule has 0 spiro atoms. The first kappa shape index (κ1) is 20.4. The summed E-state index contributed by atoms with van der Waals surface area (Å²) in [5.41, 5.74) is -0.630. The molecule has 1 aliphatic rings. The van der Waals surface area contributed by atoms with Crippen LogP contribution in [0.2, 0.25) is 0 Å². The summed E-state index contributed by atoms with van der Waals surface area (Å²) in [6.07, 6.45) is 1.55. The number of esters is 1. The van der Waals surface area contributed by atoms with Crippen LogP contribution in [0.15, 0.2) is 30.3 Å². The second kappa shape index (κ2) is 8.66. The number of hydrogen-bond acceptors (Lipinski definition) is 5.